The van der Waals surface area contributed by atoms with Gasteiger partial charge < -0.3 is 10.4 Å². The highest BCUT2D eigenvalue weighted by atomic mass is 16.3. The van der Waals surface area contributed by atoms with E-state index in [1.54, 1.807) is 0 Å². The molecule has 0 radical (unpaired) electrons. The van der Waals surface area contributed by atoms with Crippen LogP contribution in [0.4, 0.5) is 10.6 Å². The summed E-state index contributed by atoms with van der Waals surface area (Å²) >= 11 is 0. The summed E-state index contributed by atoms with van der Waals surface area (Å²) in [6, 6.07) is 7.72. The van der Waals surface area contributed by atoms with Gasteiger partial charge in [0.1, 0.15) is 0 Å². The first-order valence-electron chi connectivity index (χ1n) is 7.30. The first-order chi connectivity index (χ1) is 10.5. The summed E-state index contributed by atoms with van der Waals surface area (Å²) in [4.78, 5) is 11.7. The highest BCUT2D eigenvalue weighted by Crippen LogP contribution is 2.17. The molecule has 0 aliphatic rings. The van der Waals surface area contributed by atoms with Gasteiger partial charge in [0, 0.05) is 24.9 Å². The van der Waals surface area contributed by atoms with Gasteiger partial charge in [-0.3, -0.25) is 5.32 Å². The molecule has 0 saturated heterocycles. The highest BCUT2D eigenvalue weighted by Gasteiger charge is 2.09. The van der Waals surface area contributed by atoms with E-state index in [9.17, 15) is 4.79 Å². The van der Waals surface area contributed by atoms with Crippen LogP contribution in [0.25, 0.3) is 5.69 Å². The largest absolute Gasteiger partial charge is 0.396 e. The van der Waals surface area contributed by atoms with Crippen molar-refractivity contribution in [2.24, 2.45) is 0 Å². The number of rotatable bonds is 5. The fourth-order valence-corrected chi connectivity index (χ4v) is 2.31. The SMILES string of the molecule is Cc1cc(C)cc(-n2nc(NC(=O)NCCCO)cc2C)c1. The maximum atomic E-state index is 11.7. The molecular formula is C16H22N4O2. The molecule has 1 aromatic heterocycles. The molecule has 2 amide bonds. The molecule has 0 aliphatic heterocycles. The van der Waals surface area contributed by atoms with Crippen LogP contribution in [0.1, 0.15) is 23.2 Å². The molecular weight excluding hydrogens is 280 g/mol. The van der Waals surface area contributed by atoms with Gasteiger partial charge in [-0.1, -0.05) is 6.07 Å². The van der Waals surface area contributed by atoms with Crippen LogP contribution in [0.3, 0.4) is 0 Å². The number of aliphatic hydroxyl groups is 1. The third-order valence-corrected chi connectivity index (χ3v) is 3.20. The predicted molar refractivity (Wildman–Crippen MR) is 86.5 cm³/mol. The first-order valence-corrected chi connectivity index (χ1v) is 7.30. The smallest absolute Gasteiger partial charge is 0.320 e. The zero-order valence-corrected chi connectivity index (χ0v) is 13.2. The number of hydrogen-bond acceptors (Lipinski definition) is 3. The Morgan fingerprint density at radius 1 is 1.18 bits per heavy atom. The number of aryl methyl sites for hydroxylation is 3. The number of anilines is 1. The fourth-order valence-electron chi connectivity index (χ4n) is 2.31. The summed E-state index contributed by atoms with van der Waals surface area (Å²) in [5.74, 6) is 0.498. The second kappa shape index (κ2) is 7.09. The van der Waals surface area contributed by atoms with Crippen molar-refractivity contribution in [2.75, 3.05) is 18.5 Å². The van der Waals surface area contributed by atoms with Crippen LogP contribution in [-0.4, -0.2) is 34.1 Å². The number of benzene rings is 1. The van der Waals surface area contributed by atoms with E-state index in [2.05, 4.69) is 33.9 Å². The van der Waals surface area contributed by atoms with Gasteiger partial charge in [0.2, 0.25) is 0 Å². The number of amides is 2. The standard InChI is InChI=1S/C16H22N4O2/c1-11-7-12(2)9-14(8-11)20-13(3)10-15(19-20)18-16(22)17-5-4-6-21/h7-10,21H,4-6H2,1-3H3,(H2,17,18,19,22). The van der Waals surface area contributed by atoms with Gasteiger partial charge in [0.25, 0.3) is 0 Å². The van der Waals surface area contributed by atoms with Crippen molar-refractivity contribution >= 4 is 11.8 Å². The summed E-state index contributed by atoms with van der Waals surface area (Å²) in [6.07, 6.45) is 0.531. The lowest BCUT2D eigenvalue weighted by atomic mass is 10.1. The van der Waals surface area contributed by atoms with Gasteiger partial charge in [-0.25, -0.2) is 9.48 Å². The molecule has 3 N–H and O–H groups in total. The lowest BCUT2D eigenvalue weighted by molar-refractivity contribution is 0.248. The predicted octanol–water partition coefficient (Wildman–Crippen LogP) is 2.30. The quantitative estimate of drug-likeness (QED) is 0.742. The van der Waals surface area contributed by atoms with E-state index >= 15 is 0 Å². The zero-order chi connectivity index (χ0) is 16.1. The van der Waals surface area contributed by atoms with E-state index in [0.29, 0.717) is 18.8 Å². The summed E-state index contributed by atoms with van der Waals surface area (Å²) in [6.45, 7) is 6.52. The van der Waals surface area contributed by atoms with Crippen LogP contribution >= 0.6 is 0 Å². The Morgan fingerprint density at radius 3 is 2.50 bits per heavy atom. The van der Waals surface area contributed by atoms with E-state index in [1.807, 2.05) is 31.5 Å². The number of aliphatic hydroxyl groups excluding tert-OH is 1. The number of nitrogens with one attached hydrogen (secondary N) is 2. The van der Waals surface area contributed by atoms with Crippen molar-refractivity contribution in [3.8, 4) is 5.69 Å². The Morgan fingerprint density at radius 2 is 1.86 bits per heavy atom. The molecule has 2 rings (SSSR count). The minimum absolute atomic E-state index is 0.0563. The second-order valence-electron chi connectivity index (χ2n) is 5.39. The Hall–Kier alpha value is -2.34. The normalized spacial score (nSPS) is 10.5. The number of carbonyl (C=O) groups excluding carboxylic acids is 1. The van der Waals surface area contributed by atoms with Crippen molar-refractivity contribution < 1.29 is 9.90 Å². The molecule has 6 nitrogen and oxygen atoms in total. The van der Waals surface area contributed by atoms with Crippen LogP contribution < -0.4 is 10.6 Å². The Bertz CT molecular complexity index is 644. The van der Waals surface area contributed by atoms with Crippen LogP contribution in [0.15, 0.2) is 24.3 Å². The number of hydrogen-bond donors (Lipinski definition) is 3. The van der Waals surface area contributed by atoms with Gasteiger partial charge in [-0.05, 0) is 50.5 Å². The van der Waals surface area contributed by atoms with E-state index < -0.39 is 0 Å². The maximum absolute atomic E-state index is 11.7. The Balaban J connectivity index is 2.12. The summed E-state index contributed by atoms with van der Waals surface area (Å²) in [5.41, 5.74) is 4.25. The van der Waals surface area contributed by atoms with Gasteiger partial charge in [-0.2, -0.15) is 0 Å². The summed E-state index contributed by atoms with van der Waals surface area (Å²) in [7, 11) is 0. The molecule has 0 unspecified atom stereocenters. The minimum Gasteiger partial charge on any atom is -0.396 e. The molecule has 6 heteroatoms. The molecule has 2 aromatic rings. The Labute approximate surface area is 130 Å². The van der Waals surface area contributed by atoms with E-state index in [0.717, 1.165) is 11.4 Å². The van der Waals surface area contributed by atoms with Gasteiger partial charge in [0.05, 0.1) is 5.69 Å². The molecule has 22 heavy (non-hydrogen) atoms. The molecule has 1 aromatic carbocycles. The maximum Gasteiger partial charge on any atom is 0.320 e. The van der Waals surface area contributed by atoms with Crippen molar-refractivity contribution in [2.45, 2.75) is 27.2 Å². The summed E-state index contributed by atoms with van der Waals surface area (Å²) in [5, 5.41) is 18.5. The fraction of sp³-hybridized carbons (Fsp3) is 0.375. The van der Waals surface area contributed by atoms with E-state index in [4.69, 9.17) is 5.11 Å². The molecule has 0 spiro atoms. The van der Waals surface area contributed by atoms with Crippen molar-refractivity contribution in [3.05, 3.63) is 41.1 Å². The van der Waals surface area contributed by atoms with Crippen LogP contribution in [0.2, 0.25) is 0 Å². The van der Waals surface area contributed by atoms with Crippen LogP contribution in [-0.2, 0) is 0 Å². The third kappa shape index (κ3) is 4.08. The molecule has 0 aliphatic carbocycles. The molecule has 0 atom stereocenters. The Kier molecular flexibility index (Phi) is 5.16. The monoisotopic (exact) mass is 302 g/mol. The number of nitrogens with zero attached hydrogens (tertiary/aromatic N) is 2. The van der Waals surface area contributed by atoms with Gasteiger partial charge >= 0.3 is 6.03 Å². The lowest BCUT2D eigenvalue weighted by Gasteiger charge is -2.07. The molecule has 0 bridgehead atoms. The average molecular weight is 302 g/mol. The molecule has 1 heterocycles. The topological polar surface area (TPSA) is 79.2 Å². The highest BCUT2D eigenvalue weighted by molar-refractivity contribution is 5.88. The average Bonchev–Trinajstić information content (AvgIpc) is 2.78. The van der Waals surface area contributed by atoms with Crippen molar-refractivity contribution in [1.82, 2.24) is 15.1 Å². The molecule has 0 fully saturated rings. The van der Waals surface area contributed by atoms with Crippen molar-refractivity contribution in [1.29, 1.82) is 0 Å². The van der Waals surface area contributed by atoms with E-state index in [-0.39, 0.29) is 12.6 Å². The second-order valence-corrected chi connectivity index (χ2v) is 5.39. The van der Waals surface area contributed by atoms with Gasteiger partial charge in [0.15, 0.2) is 5.82 Å². The van der Waals surface area contributed by atoms with E-state index in [1.165, 1.54) is 11.1 Å². The number of aromatic nitrogens is 2. The summed E-state index contributed by atoms with van der Waals surface area (Å²) < 4.78 is 1.81. The minimum atomic E-state index is -0.321. The third-order valence-electron chi connectivity index (χ3n) is 3.20. The molecule has 118 valence electrons. The lowest BCUT2D eigenvalue weighted by Crippen LogP contribution is -2.30. The van der Waals surface area contributed by atoms with Crippen molar-refractivity contribution in [3.63, 3.8) is 0 Å². The molecule has 0 saturated carbocycles. The zero-order valence-electron chi connectivity index (χ0n) is 13.2. The van der Waals surface area contributed by atoms with Crippen LogP contribution in [0.5, 0.6) is 0 Å². The number of urea groups is 1. The number of carbonyl (C=O) groups is 1. The first kappa shape index (κ1) is 16.0. The van der Waals surface area contributed by atoms with Gasteiger partial charge in [-0.15, -0.1) is 5.10 Å². The van der Waals surface area contributed by atoms with Crippen LogP contribution in [0, 0.1) is 20.8 Å².